The first-order valence-corrected chi connectivity index (χ1v) is 9.54. The summed E-state index contributed by atoms with van der Waals surface area (Å²) in [7, 11) is 1.66. The number of nitrogens with zero attached hydrogens (tertiary/aromatic N) is 1. The summed E-state index contributed by atoms with van der Waals surface area (Å²) in [5.74, 6) is 0.997. The monoisotopic (exact) mass is 357 g/mol. The zero-order valence-electron chi connectivity index (χ0n) is 14.4. The van der Waals surface area contributed by atoms with E-state index in [-0.39, 0.29) is 17.7 Å². The number of thiophene rings is 1. The maximum absolute atomic E-state index is 12.6. The van der Waals surface area contributed by atoms with Crippen molar-refractivity contribution in [2.75, 3.05) is 13.7 Å². The van der Waals surface area contributed by atoms with Crippen LogP contribution < -0.4 is 4.74 Å². The van der Waals surface area contributed by atoms with Crippen molar-refractivity contribution in [2.24, 2.45) is 0 Å². The lowest BCUT2D eigenvalue weighted by Gasteiger charge is -2.25. The van der Waals surface area contributed by atoms with Crippen molar-refractivity contribution in [3.63, 3.8) is 0 Å². The molecule has 0 bridgehead atoms. The summed E-state index contributed by atoms with van der Waals surface area (Å²) in [5.41, 5.74) is 1.18. The zero-order chi connectivity index (χ0) is 17.6. The molecule has 1 aromatic carbocycles. The molecular weight excluding hydrogens is 334 g/mol. The number of amides is 1. The number of carbonyl (C=O) groups is 2. The predicted octanol–water partition coefficient (Wildman–Crippen LogP) is 3.95. The third-order valence-electron chi connectivity index (χ3n) is 4.66. The van der Waals surface area contributed by atoms with Gasteiger partial charge in [-0.3, -0.25) is 9.59 Å². The minimum atomic E-state index is 0.0619. The number of hydrogen-bond donors (Lipinski definition) is 0. The van der Waals surface area contributed by atoms with E-state index in [9.17, 15) is 9.59 Å². The molecule has 5 heteroatoms. The molecule has 0 N–H and O–H groups in total. The van der Waals surface area contributed by atoms with Gasteiger partial charge in [0.25, 0.3) is 0 Å². The smallest absolute Gasteiger partial charge is 0.223 e. The van der Waals surface area contributed by atoms with Gasteiger partial charge in [0.2, 0.25) is 5.91 Å². The molecule has 0 aliphatic carbocycles. The Hall–Kier alpha value is -2.14. The maximum Gasteiger partial charge on any atom is 0.223 e. The van der Waals surface area contributed by atoms with E-state index in [1.807, 2.05) is 40.6 Å². The fraction of sp³-hybridized carbons (Fsp3) is 0.400. The van der Waals surface area contributed by atoms with Gasteiger partial charge in [0.1, 0.15) is 5.75 Å². The third kappa shape index (κ3) is 4.48. The van der Waals surface area contributed by atoms with Crippen LogP contribution in [-0.2, 0) is 11.2 Å². The first-order chi connectivity index (χ1) is 12.2. The number of rotatable bonds is 7. The molecule has 25 heavy (non-hydrogen) atoms. The van der Waals surface area contributed by atoms with Gasteiger partial charge >= 0.3 is 0 Å². The van der Waals surface area contributed by atoms with E-state index in [0.717, 1.165) is 36.4 Å². The van der Waals surface area contributed by atoms with E-state index in [0.29, 0.717) is 12.8 Å². The lowest BCUT2D eigenvalue weighted by Crippen LogP contribution is -2.36. The molecule has 0 saturated carbocycles. The lowest BCUT2D eigenvalue weighted by atomic mass is 10.0. The van der Waals surface area contributed by atoms with Crippen molar-refractivity contribution >= 4 is 23.0 Å². The average molecular weight is 357 g/mol. The largest absolute Gasteiger partial charge is 0.497 e. The van der Waals surface area contributed by atoms with Crippen LogP contribution in [0.2, 0.25) is 0 Å². The SMILES string of the molecule is COc1cccc(CC2CCCN2C(=O)CCC(=O)c2cccs2)c1. The predicted molar refractivity (Wildman–Crippen MR) is 99.3 cm³/mol. The lowest BCUT2D eigenvalue weighted by molar-refractivity contribution is -0.131. The van der Waals surface area contributed by atoms with Gasteiger partial charge in [0.15, 0.2) is 5.78 Å². The maximum atomic E-state index is 12.6. The number of methoxy groups -OCH3 is 1. The summed E-state index contributed by atoms with van der Waals surface area (Å²) < 4.78 is 5.28. The minimum Gasteiger partial charge on any atom is -0.497 e. The fourth-order valence-corrected chi connectivity index (χ4v) is 4.07. The molecule has 1 amide bonds. The Bertz CT molecular complexity index is 726. The molecule has 1 aromatic heterocycles. The summed E-state index contributed by atoms with van der Waals surface area (Å²) in [5, 5.41) is 1.89. The highest BCUT2D eigenvalue weighted by Crippen LogP contribution is 2.24. The molecular formula is C20H23NO3S. The van der Waals surface area contributed by atoms with Gasteiger partial charge < -0.3 is 9.64 Å². The van der Waals surface area contributed by atoms with Crippen LogP contribution in [0.3, 0.4) is 0 Å². The molecule has 4 nitrogen and oxygen atoms in total. The van der Waals surface area contributed by atoms with Gasteiger partial charge in [-0.1, -0.05) is 18.2 Å². The van der Waals surface area contributed by atoms with Crippen LogP contribution in [0.4, 0.5) is 0 Å². The first-order valence-electron chi connectivity index (χ1n) is 8.66. The molecule has 1 aliphatic heterocycles. The highest BCUT2D eigenvalue weighted by molar-refractivity contribution is 7.12. The molecule has 0 radical (unpaired) electrons. The first kappa shape index (κ1) is 17.7. The summed E-state index contributed by atoms with van der Waals surface area (Å²) in [6.45, 7) is 0.792. The number of Topliss-reactive ketones (excluding diaryl/α,β-unsaturated/α-hetero) is 1. The topological polar surface area (TPSA) is 46.6 Å². The van der Waals surface area contributed by atoms with Crippen LogP contribution in [0.15, 0.2) is 41.8 Å². The normalized spacial score (nSPS) is 16.8. The number of likely N-dealkylation sites (tertiary alicyclic amines) is 1. The highest BCUT2D eigenvalue weighted by Gasteiger charge is 2.28. The molecule has 3 rings (SSSR count). The second-order valence-electron chi connectivity index (χ2n) is 6.34. The van der Waals surface area contributed by atoms with E-state index >= 15 is 0 Å². The molecule has 2 heterocycles. The van der Waals surface area contributed by atoms with E-state index in [1.54, 1.807) is 7.11 Å². The average Bonchev–Trinajstić information content (AvgIpc) is 3.31. The molecule has 1 fully saturated rings. The van der Waals surface area contributed by atoms with Crippen molar-refractivity contribution in [3.8, 4) is 5.75 Å². The fourth-order valence-electron chi connectivity index (χ4n) is 3.37. The van der Waals surface area contributed by atoms with Gasteiger partial charge in [-0.2, -0.15) is 0 Å². The van der Waals surface area contributed by atoms with E-state index < -0.39 is 0 Å². The Morgan fingerprint density at radius 1 is 1.24 bits per heavy atom. The van der Waals surface area contributed by atoms with Crippen LogP contribution in [0, 0.1) is 0 Å². The minimum absolute atomic E-state index is 0.0619. The van der Waals surface area contributed by atoms with Gasteiger partial charge in [-0.25, -0.2) is 0 Å². The molecule has 2 aromatic rings. The van der Waals surface area contributed by atoms with E-state index in [2.05, 4.69) is 6.07 Å². The van der Waals surface area contributed by atoms with Crippen molar-refractivity contribution in [2.45, 2.75) is 38.1 Å². The van der Waals surface area contributed by atoms with E-state index in [4.69, 9.17) is 4.74 Å². The van der Waals surface area contributed by atoms with Gasteiger partial charge in [-0.15, -0.1) is 11.3 Å². The summed E-state index contributed by atoms with van der Waals surface area (Å²) in [4.78, 5) is 27.4. The Labute approximate surface area is 152 Å². The Morgan fingerprint density at radius 3 is 2.88 bits per heavy atom. The standard InChI is InChI=1S/C20H23NO3S/c1-24-17-7-2-5-15(14-17)13-16-6-3-11-21(16)20(23)10-9-18(22)19-8-4-12-25-19/h2,4-5,7-8,12,14,16H,3,6,9-11,13H2,1H3. The number of ketones is 1. The van der Waals surface area contributed by atoms with Crippen LogP contribution in [-0.4, -0.2) is 36.3 Å². The van der Waals surface area contributed by atoms with Gasteiger partial charge in [0, 0.05) is 25.4 Å². The van der Waals surface area contributed by atoms with Crippen molar-refractivity contribution in [3.05, 3.63) is 52.2 Å². The highest BCUT2D eigenvalue weighted by atomic mass is 32.1. The van der Waals surface area contributed by atoms with Crippen molar-refractivity contribution < 1.29 is 14.3 Å². The summed E-state index contributed by atoms with van der Waals surface area (Å²) >= 11 is 1.43. The number of ether oxygens (including phenoxy) is 1. The molecule has 1 saturated heterocycles. The number of benzene rings is 1. The van der Waals surface area contributed by atoms with Crippen molar-refractivity contribution in [1.82, 2.24) is 4.90 Å². The Balaban J connectivity index is 1.57. The third-order valence-corrected chi connectivity index (χ3v) is 5.58. The summed E-state index contributed by atoms with van der Waals surface area (Å²) in [6.07, 6.45) is 3.47. The van der Waals surface area contributed by atoms with Crippen LogP contribution in [0.1, 0.15) is 40.9 Å². The molecule has 132 valence electrons. The van der Waals surface area contributed by atoms with Crippen molar-refractivity contribution in [1.29, 1.82) is 0 Å². The molecule has 1 atom stereocenters. The number of hydrogen-bond acceptors (Lipinski definition) is 4. The molecule has 1 aliphatic rings. The number of carbonyl (C=O) groups excluding carboxylic acids is 2. The Kier molecular flexibility index (Phi) is 5.87. The van der Waals surface area contributed by atoms with Crippen LogP contribution >= 0.6 is 11.3 Å². The quantitative estimate of drug-likeness (QED) is 0.705. The van der Waals surface area contributed by atoms with Crippen LogP contribution in [0.25, 0.3) is 0 Å². The molecule has 0 spiro atoms. The second kappa shape index (κ2) is 8.30. The van der Waals surface area contributed by atoms with E-state index in [1.165, 1.54) is 16.9 Å². The molecule has 1 unspecified atom stereocenters. The van der Waals surface area contributed by atoms with Gasteiger partial charge in [-0.05, 0) is 48.4 Å². The second-order valence-corrected chi connectivity index (χ2v) is 7.29. The Morgan fingerprint density at radius 2 is 2.12 bits per heavy atom. The summed E-state index contributed by atoms with van der Waals surface area (Å²) in [6, 6.07) is 11.9. The van der Waals surface area contributed by atoms with Crippen LogP contribution in [0.5, 0.6) is 5.75 Å². The van der Waals surface area contributed by atoms with Gasteiger partial charge in [0.05, 0.1) is 12.0 Å². The zero-order valence-corrected chi connectivity index (χ0v) is 15.3.